The highest BCUT2D eigenvalue weighted by Gasteiger charge is 2.34. The van der Waals surface area contributed by atoms with Crippen LogP contribution >= 0.6 is 11.6 Å². The molecule has 0 aromatic heterocycles. The van der Waals surface area contributed by atoms with E-state index in [4.69, 9.17) is 11.6 Å². The number of hydrogen-bond acceptors (Lipinski definition) is 3. The number of anilines is 1. The zero-order valence-corrected chi connectivity index (χ0v) is 12.4. The van der Waals surface area contributed by atoms with Gasteiger partial charge in [-0.05, 0) is 44.4 Å². The monoisotopic (exact) mass is 296 g/mol. The Balaban J connectivity index is 1.73. The van der Waals surface area contributed by atoms with E-state index in [-0.39, 0.29) is 11.9 Å². The summed E-state index contributed by atoms with van der Waals surface area (Å²) in [5.41, 5.74) is 0.143. The Morgan fingerprint density at radius 1 is 1.50 bits per heavy atom. The third-order valence-electron chi connectivity index (χ3n) is 3.66. The first-order valence-corrected chi connectivity index (χ1v) is 7.36. The molecule has 0 bridgehead atoms. The fraction of sp³-hybridized carbons (Fsp3) is 0.533. The maximum atomic E-state index is 11.9. The number of aliphatic hydroxyl groups is 1. The van der Waals surface area contributed by atoms with Crippen molar-refractivity contribution in [1.29, 1.82) is 0 Å². The zero-order valence-electron chi connectivity index (χ0n) is 11.7. The standard InChI is InChI=1S/C15H21ClN2O2/c1-11(17-10-15(20)6-3-7-15)8-14(19)18-13-5-2-4-12(16)9-13/h2,4-5,9,11,17,20H,3,6-8,10H2,1H3,(H,18,19). The van der Waals surface area contributed by atoms with Gasteiger partial charge in [-0.2, -0.15) is 0 Å². The molecule has 0 aliphatic heterocycles. The van der Waals surface area contributed by atoms with Gasteiger partial charge in [0.05, 0.1) is 5.60 Å². The number of hydrogen-bond donors (Lipinski definition) is 3. The Bertz CT molecular complexity index is 475. The first kappa shape index (κ1) is 15.3. The molecule has 5 heteroatoms. The van der Waals surface area contributed by atoms with Gasteiger partial charge in [0.25, 0.3) is 0 Å². The van der Waals surface area contributed by atoms with Gasteiger partial charge in [0, 0.05) is 29.7 Å². The highest BCUT2D eigenvalue weighted by atomic mass is 35.5. The smallest absolute Gasteiger partial charge is 0.225 e. The van der Waals surface area contributed by atoms with E-state index >= 15 is 0 Å². The summed E-state index contributed by atoms with van der Waals surface area (Å²) >= 11 is 5.86. The molecule has 0 spiro atoms. The maximum absolute atomic E-state index is 11.9. The molecule has 2 rings (SSSR count). The second kappa shape index (κ2) is 6.57. The summed E-state index contributed by atoms with van der Waals surface area (Å²) in [7, 11) is 0. The average molecular weight is 297 g/mol. The summed E-state index contributed by atoms with van der Waals surface area (Å²) in [6, 6.07) is 7.11. The van der Waals surface area contributed by atoms with Crippen molar-refractivity contribution >= 4 is 23.2 Å². The summed E-state index contributed by atoms with van der Waals surface area (Å²) in [6.07, 6.45) is 3.15. The van der Waals surface area contributed by atoms with Crippen molar-refractivity contribution in [1.82, 2.24) is 5.32 Å². The van der Waals surface area contributed by atoms with Crippen LogP contribution in [-0.2, 0) is 4.79 Å². The van der Waals surface area contributed by atoms with Crippen molar-refractivity contribution in [2.75, 3.05) is 11.9 Å². The summed E-state index contributed by atoms with van der Waals surface area (Å²) in [6.45, 7) is 2.50. The van der Waals surface area contributed by atoms with Crippen molar-refractivity contribution in [3.63, 3.8) is 0 Å². The number of halogens is 1. The van der Waals surface area contributed by atoms with Crippen molar-refractivity contribution in [2.45, 2.75) is 44.2 Å². The molecule has 1 fully saturated rings. The minimum absolute atomic E-state index is 0.0267. The van der Waals surface area contributed by atoms with Crippen LogP contribution in [0.5, 0.6) is 0 Å². The Labute approximate surface area is 124 Å². The predicted molar refractivity (Wildman–Crippen MR) is 81.0 cm³/mol. The Kier molecular flexibility index (Phi) is 5.02. The summed E-state index contributed by atoms with van der Waals surface area (Å²) < 4.78 is 0. The number of carbonyl (C=O) groups excluding carboxylic acids is 1. The van der Waals surface area contributed by atoms with Crippen LogP contribution in [0.1, 0.15) is 32.6 Å². The van der Waals surface area contributed by atoms with Gasteiger partial charge in [-0.1, -0.05) is 17.7 Å². The van der Waals surface area contributed by atoms with Crippen LogP contribution in [0, 0.1) is 0 Å². The van der Waals surface area contributed by atoms with Crippen LogP contribution in [0.4, 0.5) is 5.69 Å². The van der Waals surface area contributed by atoms with Gasteiger partial charge in [-0.3, -0.25) is 4.79 Å². The van der Waals surface area contributed by atoms with Crippen molar-refractivity contribution in [2.24, 2.45) is 0 Å². The zero-order chi connectivity index (χ0) is 14.6. The molecule has 1 aliphatic rings. The molecule has 0 saturated heterocycles. The fourth-order valence-electron chi connectivity index (χ4n) is 2.25. The average Bonchev–Trinajstić information content (AvgIpc) is 2.34. The van der Waals surface area contributed by atoms with E-state index in [0.29, 0.717) is 23.7 Å². The minimum atomic E-state index is -0.558. The summed E-state index contributed by atoms with van der Waals surface area (Å²) in [5.74, 6) is -0.0622. The van der Waals surface area contributed by atoms with Gasteiger partial charge in [0.2, 0.25) is 5.91 Å². The lowest BCUT2D eigenvalue weighted by atomic mass is 9.80. The second-order valence-electron chi connectivity index (χ2n) is 5.62. The molecule has 1 amide bonds. The summed E-state index contributed by atoms with van der Waals surface area (Å²) in [5, 5.41) is 16.6. The molecule has 1 aromatic rings. The van der Waals surface area contributed by atoms with E-state index in [1.165, 1.54) is 0 Å². The van der Waals surface area contributed by atoms with Crippen LogP contribution in [0.2, 0.25) is 5.02 Å². The Morgan fingerprint density at radius 3 is 2.85 bits per heavy atom. The third-order valence-corrected chi connectivity index (χ3v) is 3.90. The van der Waals surface area contributed by atoms with Gasteiger partial charge in [-0.15, -0.1) is 0 Å². The van der Waals surface area contributed by atoms with E-state index in [1.807, 2.05) is 6.92 Å². The largest absolute Gasteiger partial charge is 0.389 e. The van der Waals surface area contributed by atoms with Gasteiger partial charge in [0.1, 0.15) is 0 Å². The highest BCUT2D eigenvalue weighted by molar-refractivity contribution is 6.30. The molecule has 4 nitrogen and oxygen atoms in total. The van der Waals surface area contributed by atoms with E-state index in [0.717, 1.165) is 19.3 Å². The van der Waals surface area contributed by atoms with Gasteiger partial charge < -0.3 is 15.7 Å². The van der Waals surface area contributed by atoms with Crippen LogP contribution in [0.25, 0.3) is 0 Å². The van der Waals surface area contributed by atoms with Crippen LogP contribution in [0.15, 0.2) is 24.3 Å². The van der Waals surface area contributed by atoms with E-state index in [9.17, 15) is 9.90 Å². The lowest BCUT2D eigenvalue weighted by Gasteiger charge is -2.37. The first-order valence-electron chi connectivity index (χ1n) is 6.98. The Morgan fingerprint density at radius 2 is 2.25 bits per heavy atom. The van der Waals surface area contributed by atoms with Crippen LogP contribution < -0.4 is 10.6 Å². The van der Waals surface area contributed by atoms with Crippen LogP contribution in [-0.4, -0.2) is 29.2 Å². The molecule has 1 unspecified atom stereocenters. The predicted octanol–water partition coefficient (Wildman–Crippen LogP) is 2.56. The van der Waals surface area contributed by atoms with Gasteiger partial charge in [0.15, 0.2) is 0 Å². The molecule has 20 heavy (non-hydrogen) atoms. The molecular formula is C15H21ClN2O2. The molecule has 1 saturated carbocycles. The van der Waals surface area contributed by atoms with E-state index < -0.39 is 5.60 Å². The molecule has 1 aliphatic carbocycles. The van der Waals surface area contributed by atoms with Gasteiger partial charge in [-0.25, -0.2) is 0 Å². The number of nitrogens with one attached hydrogen (secondary N) is 2. The lowest BCUT2D eigenvalue weighted by molar-refractivity contribution is -0.116. The molecule has 110 valence electrons. The quantitative estimate of drug-likeness (QED) is 0.756. The van der Waals surface area contributed by atoms with E-state index in [1.54, 1.807) is 24.3 Å². The van der Waals surface area contributed by atoms with Crippen molar-refractivity contribution in [3.8, 4) is 0 Å². The molecule has 0 radical (unpaired) electrons. The maximum Gasteiger partial charge on any atom is 0.225 e. The van der Waals surface area contributed by atoms with Crippen molar-refractivity contribution < 1.29 is 9.90 Å². The van der Waals surface area contributed by atoms with Crippen LogP contribution in [0.3, 0.4) is 0 Å². The second-order valence-corrected chi connectivity index (χ2v) is 6.06. The highest BCUT2D eigenvalue weighted by Crippen LogP contribution is 2.30. The third kappa shape index (κ3) is 4.47. The molecule has 1 aromatic carbocycles. The number of carbonyl (C=O) groups is 1. The topological polar surface area (TPSA) is 61.4 Å². The normalized spacial score (nSPS) is 18.1. The minimum Gasteiger partial charge on any atom is -0.389 e. The van der Waals surface area contributed by atoms with Gasteiger partial charge >= 0.3 is 0 Å². The molecule has 1 atom stereocenters. The molecule has 3 N–H and O–H groups in total. The summed E-state index contributed by atoms with van der Waals surface area (Å²) in [4.78, 5) is 11.9. The molecular weight excluding hydrogens is 276 g/mol. The number of benzene rings is 1. The lowest BCUT2D eigenvalue weighted by Crippen LogP contribution is -2.48. The SMILES string of the molecule is CC(CC(=O)Nc1cccc(Cl)c1)NCC1(O)CCC1. The Hall–Kier alpha value is -1.10. The van der Waals surface area contributed by atoms with Crippen molar-refractivity contribution in [3.05, 3.63) is 29.3 Å². The number of rotatable bonds is 6. The first-order chi connectivity index (χ1) is 9.47. The number of amides is 1. The van der Waals surface area contributed by atoms with E-state index in [2.05, 4.69) is 10.6 Å². The fourth-order valence-corrected chi connectivity index (χ4v) is 2.44. The molecule has 0 heterocycles.